The second-order valence-electron chi connectivity index (χ2n) is 4.49. The smallest absolute Gasteiger partial charge is 0.425 e. The first-order valence-corrected chi connectivity index (χ1v) is 5.44. The Kier molecular flexibility index (Phi) is 2.81. The van der Waals surface area contributed by atoms with Gasteiger partial charge in [0.15, 0.2) is 6.10 Å². The fourth-order valence-corrected chi connectivity index (χ4v) is 1.57. The van der Waals surface area contributed by atoms with Crippen LogP contribution in [0.5, 0.6) is 5.75 Å². The van der Waals surface area contributed by atoms with Gasteiger partial charge in [-0.25, -0.2) is 0 Å². The molecule has 5 heteroatoms. The van der Waals surface area contributed by atoms with Gasteiger partial charge in [0.1, 0.15) is 5.75 Å². The monoisotopic (exact) mass is 245 g/mol. The molecular weight excluding hydrogens is 231 g/mol. The summed E-state index contributed by atoms with van der Waals surface area (Å²) in [5.74, 6) is 0.212. The van der Waals surface area contributed by atoms with E-state index in [1.807, 2.05) is 6.07 Å². The van der Waals surface area contributed by atoms with Crippen molar-refractivity contribution < 1.29 is 17.9 Å². The average molecular weight is 245 g/mol. The summed E-state index contributed by atoms with van der Waals surface area (Å²) in [5, 5.41) is 0. The lowest BCUT2D eigenvalue weighted by Crippen LogP contribution is -2.31. The molecule has 1 fully saturated rings. The zero-order valence-electron chi connectivity index (χ0n) is 9.42. The van der Waals surface area contributed by atoms with Crippen LogP contribution in [0.1, 0.15) is 25.3 Å². The van der Waals surface area contributed by atoms with Crippen LogP contribution >= 0.6 is 0 Å². The van der Waals surface area contributed by atoms with Crippen molar-refractivity contribution in [2.45, 2.75) is 37.6 Å². The fraction of sp³-hybridized carbons (Fsp3) is 0.500. The SMILES string of the molecule is CC(Oc1cccc(C2(N)CC2)c1)C(F)(F)F. The molecular formula is C12H14F3NO. The molecule has 2 rings (SSSR count). The Balaban J connectivity index is 2.12. The van der Waals surface area contributed by atoms with Crippen molar-refractivity contribution in [2.24, 2.45) is 5.73 Å². The number of hydrogen-bond donors (Lipinski definition) is 1. The molecule has 1 atom stereocenters. The van der Waals surface area contributed by atoms with E-state index < -0.39 is 12.3 Å². The predicted octanol–water partition coefficient (Wildman–Crippen LogP) is 2.96. The van der Waals surface area contributed by atoms with Crippen LogP contribution in [0.25, 0.3) is 0 Å². The van der Waals surface area contributed by atoms with Crippen molar-refractivity contribution >= 4 is 0 Å². The van der Waals surface area contributed by atoms with Crippen LogP contribution in [0.4, 0.5) is 13.2 Å². The summed E-state index contributed by atoms with van der Waals surface area (Å²) in [4.78, 5) is 0. The molecule has 1 aromatic rings. The van der Waals surface area contributed by atoms with Gasteiger partial charge in [0.05, 0.1) is 0 Å². The third-order valence-corrected chi connectivity index (χ3v) is 2.97. The van der Waals surface area contributed by atoms with Crippen LogP contribution in [-0.2, 0) is 5.54 Å². The average Bonchev–Trinajstić information content (AvgIpc) is 2.97. The van der Waals surface area contributed by atoms with Crippen LogP contribution in [0.15, 0.2) is 24.3 Å². The Labute approximate surface area is 97.6 Å². The van der Waals surface area contributed by atoms with E-state index in [9.17, 15) is 13.2 Å². The number of benzene rings is 1. The summed E-state index contributed by atoms with van der Waals surface area (Å²) in [6, 6.07) is 6.59. The van der Waals surface area contributed by atoms with Gasteiger partial charge in [-0.2, -0.15) is 13.2 Å². The molecule has 0 aromatic heterocycles. The summed E-state index contributed by atoms with van der Waals surface area (Å²) < 4.78 is 41.9. The maximum Gasteiger partial charge on any atom is 0.425 e. The van der Waals surface area contributed by atoms with Crippen molar-refractivity contribution in [3.05, 3.63) is 29.8 Å². The lowest BCUT2D eigenvalue weighted by Gasteiger charge is -2.18. The zero-order valence-corrected chi connectivity index (χ0v) is 9.42. The van der Waals surface area contributed by atoms with E-state index in [0.717, 1.165) is 25.3 Å². The van der Waals surface area contributed by atoms with Gasteiger partial charge in [0.2, 0.25) is 0 Å². The number of halogens is 3. The first-order chi connectivity index (χ1) is 7.81. The highest BCUT2D eigenvalue weighted by Crippen LogP contribution is 2.43. The molecule has 1 saturated carbocycles. The van der Waals surface area contributed by atoms with E-state index >= 15 is 0 Å². The minimum Gasteiger partial charge on any atom is -0.481 e. The Bertz CT molecular complexity index is 412. The van der Waals surface area contributed by atoms with Gasteiger partial charge in [-0.1, -0.05) is 12.1 Å². The summed E-state index contributed by atoms with van der Waals surface area (Å²) in [6.45, 7) is 0.988. The molecule has 0 aliphatic heterocycles. The van der Waals surface area contributed by atoms with E-state index in [4.69, 9.17) is 10.5 Å². The Morgan fingerprint density at radius 3 is 2.53 bits per heavy atom. The van der Waals surface area contributed by atoms with E-state index in [1.54, 1.807) is 12.1 Å². The van der Waals surface area contributed by atoms with Crippen LogP contribution in [-0.4, -0.2) is 12.3 Å². The lowest BCUT2D eigenvalue weighted by atomic mass is 10.1. The van der Waals surface area contributed by atoms with Crippen molar-refractivity contribution in [1.29, 1.82) is 0 Å². The molecule has 2 N–H and O–H groups in total. The van der Waals surface area contributed by atoms with Crippen molar-refractivity contribution in [3.63, 3.8) is 0 Å². The van der Waals surface area contributed by atoms with Crippen molar-refractivity contribution in [2.75, 3.05) is 0 Å². The highest BCUT2D eigenvalue weighted by Gasteiger charge is 2.41. The topological polar surface area (TPSA) is 35.2 Å². The minimum atomic E-state index is -4.35. The highest BCUT2D eigenvalue weighted by atomic mass is 19.4. The Morgan fingerprint density at radius 2 is 2.00 bits per heavy atom. The van der Waals surface area contributed by atoms with Gasteiger partial charge in [0.25, 0.3) is 0 Å². The molecule has 0 saturated heterocycles. The van der Waals surface area contributed by atoms with Crippen LogP contribution in [0.2, 0.25) is 0 Å². The predicted molar refractivity (Wildman–Crippen MR) is 57.7 cm³/mol. The minimum absolute atomic E-state index is 0.212. The van der Waals surface area contributed by atoms with Crippen molar-refractivity contribution in [1.82, 2.24) is 0 Å². The summed E-state index contributed by atoms with van der Waals surface area (Å²) in [7, 11) is 0. The molecule has 0 radical (unpaired) electrons. The van der Waals surface area contributed by atoms with E-state index in [2.05, 4.69) is 0 Å². The van der Waals surface area contributed by atoms with E-state index in [0.29, 0.717) is 0 Å². The third-order valence-electron chi connectivity index (χ3n) is 2.97. The Hall–Kier alpha value is -1.23. The van der Waals surface area contributed by atoms with E-state index in [-0.39, 0.29) is 11.3 Å². The standard InChI is InChI=1S/C12H14F3NO/c1-8(12(13,14)15)17-10-4-2-3-9(7-10)11(16)5-6-11/h2-4,7-8H,5-6,16H2,1H3. The van der Waals surface area contributed by atoms with Crippen LogP contribution in [0, 0.1) is 0 Å². The molecule has 2 nitrogen and oxygen atoms in total. The summed E-state index contributed by atoms with van der Waals surface area (Å²) >= 11 is 0. The van der Waals surface area contributed by atoms with Gasteiger partial charge < -0.3 is 10.5 Å². The maximum atomic E-state index is 12.3. The van der Waals surface area contributed by atoms with Crippen molar-refractivity contribution in [3.8, 4) is 5.75 Å². The van der Waals surface area contributed by atoms with Crippen LogP contribution < -0.4 is 10.5 Å². The first-order valence-electron chi connectivity index (χ1n) is 5.44. The lowest BCUT2D eigenvalue weighted by molar-refractivity contribution is -0.189. The number of rotatable bonds is 3. The zero-order chi connectivity index (χ0) is 12.7. The maximum absolute atomic E-state index is 12.3. The van der Waals surface area contributed by atoms with Gasteiger partial charge in [0, 0.05) is 5.54 Å². The van der Waals surface area contributed by atoms with Gasteiger partial charge in [-0.05, 0) is 37.5 Å². The van der Waals surface area contributed by atoms with Gasteiger partial charge >= 0.3 is 6.18 Å². The molecule has 0 spiro atoms. The van der Waals surface area contributed by atoms with Gasteiger partial charge in [-0.15, -0.1) is 0 Å². The fourth-order valence-electron chi connectivity index (χ4n) is 1.57. The normalized spacial score (nSPS) is 19.8. The largest absolute Gasteiger partial charge is 0.481 e. The molecule has 0 bridgehead atoms. The second-order valence-corrected chi connectivity index (χ2v) is 4.49. The molecule has 17 heavy (non-hydrogen) atoms. The molecule has 1 aliphatic carbocycles. The molecule has 94 valence electrons. The summed E-state index contributed by atoms with van der Waals surface area (Å²) in [5.41, 5.74) is 6.45. The number of ether oxygens (including phenoxy) is 1. The number of nitrogens with two attached hydrogens (primary N) is 1. The van der Waals surface area contributed by atoms with Crippen LogP contribution in [0.3, 0.4) is 0 Å². The molecule has 1 unspecified atom stereocenters. The van der Waals surface area contributed by atoms with Gasteiger partial charge in [-0.3, -0.25) is 0 Å². The molecule has 0 heterocycles. The third kappa shape index (κ3) is 2.72. The first kappa shape index (κ1) is 12.2. The summed E-state index contributed by atoms with van der Waals surface area (Å²) in [6.07, 6.45) is -4.43. The molecule has 1 aliphatic rings. The molecule has 1 aromatic carbocycles. The number of hydrogen-bond acceptors (Lipinski definition) is 2. The van der Waals surface area contributed by atoms with E-state index in [1.165, 1.54) is 6.07 Å². The quantitative estimate of drug-likeness (QED) is 0.888. The highest BCUT2D eigenvalue weighted by molar-refractivity contribution is 5.36. The molecule has 0 amide bonds. The number of alkyl halides is 3. The second kappa shape index (κ2) is 3.91. The Morgan fingerprint density at radius 1 is 1.35 bits per heavy atom.